The maximum Gasteiger partial charge on any atom is 0.227 e. The number of carbonyl (C=O) groups excluding carboxylic acids is 1. The molecule has 1 amide bonds. The zero-order valence-corrected chi connectivity index (χ0v) is 14.5. The van der Waals surface area contributed by atoms with Crippen LogP contribution in [0.5, 0.6) is 0 Å². The van der Waals surface area contributed by atoms with Crippen molar-refractivity contribution >= 4 is 21.4 Å². The molecule has 5 nitrogen and oxygen atoms in total. The molecule has 2 heterocycles. The van der Waals surface area contributed by atoms with E-state index < -0.39 is 9.84 Å². The molecule has 1 unspecified atom stereocenters. The molecule has 0 aromatic heterocycles. The SMILES string of the molecule is O=C(CC1OCCc2ccccc21)Nc1ccc2c(c1)S(=O)(=O)CC2. The molecule has 0 saturated carbocycles. The number of nitrogens with one attached hydrogen (secondary N) is 1. The van der Waals surface area contributed by atoms with Crippen LogP contribution < -0.4 is 5.32 Å². The van der Waals surface area contributed by atoms with Gasteiger partial charge in [-0.15, -0.1) is 0 Å². The minimum absolute atomic E-state index is 0.145. The van der Waals surface area contributed by atoms with Gasteiger partial charge in [0.2, 0.25) is 5.91 Å². The van der Waals surface area contributed by atoms with Crippen LogP contribution in [0.25, 0.3) is 0 Å². The molecule has 0 aliphatic carbocycles. The highest BCUT2D eigenvalue weighted by molar-refractivity contribution is 7.91. The molecule has 25 heavy (non-hydrogen) atoms. The predicted octanol–water partition coefficient (Wildman–Crippen LogP) is 2.66. The maximum absolute atomic E-state index is 12.4. The van der Waals surface area contributed by atoms with Gasteiger partial charge in [0.25, 0.3) is 0 Å². The summed E-state index contributed by atoms with van der Waals surface area (Å²) in [6.07, 6.45) is 1.35. The van der Waals surface area contributed by atoms with E-state index in [0.29, 0.717) is 23.6 Å². The van der Waals surface area contributed by atoms with Crippen molar-refractivity contribution in [1.82, 2.24) is 0 Å². The molecule has 0 fully saturated rings. The molecule has 1 atom stereocenters. The van der Waals surface area contributed by atoms with E-state index in [4.69, 9.17) is 4.74 Å². The molecular weight excluding hydrogens is 338 g/mol. The van der Waals surface area contributed by atoms with Crippen LogP contribution in [-0.2, 0) is 32.2 Å². The third-order valence-corrected chi connectivity index (χ3v) is 6.58. The van der Waals surface area contributed by atoms with Crippen LogP contribution in [0.3, 0.4) is 0 Å². The fraction of sp³-hybridized carbons (Fsp3) is 0.316. The maximum atomic E-state index is 12.4. The number of benzene rings is 2. The Balaban J connectivity index is 1.49. The molecule has 6 heteroatoms. The quantitative estimate of drug-likeness (QED) is 0.917. The number of carbonyl (C=O) groups is 1. The fourth-order valence-electron chi connectivity index (χ4n) is 3.51. The topological polar surface area (TPSA) is 72.5 Å². The normalized spacial score (nSPS) is 20.6. The standard InChI is InChI=1S/C19H19NO4S/c21-19(12-17-16-4-2-1-3-13(16)7-9-24-17)20-15-6-5-14-8-10-25(22,23)18(14)11-15/h1-6,11,17H,7-10,12H2,(H,20,21). The molecule has 1 N–H and O–H groups in total. The highest BCUT2D eigenvalue weighted by Crippen LogP contribution is 2.31. The molecule has 2 aliphatic rings. The number of sulfone groups is 1. The van der Waals surface area contributed by atoms with E-state index in [0.717, 1.165) is 17.5 Å². The van der Waals surface area contributed by atoms with Crippen LogP contribution in [0.2, 0.25) is 0 Å². The summed E-state index contributed by atoms with van der Waals surface area (Å²) >= 11 is 0. The molecule has 2 aliphatic heterocycles. The third kappa shape index (κ3) is 3.19. The largest absolute Gasteiger partial charge is 0.373 e. The second-order valence-electron chi connectivity index (χ2n) is 6.45. The summed E-state index contributed by atoms with van der Waals surface area (Å²) in [7, 11) is -3.21. The number of aryl methyl sites for hydroxylation is 1. The van der Waals surface area contributed by atoms with E-state index in [1.54, 1.807) is 18.2 Å². The van der Waals surface area contributed by atoms with Gasteiger partial charge in [0, 0.05) is 5.69 Å². The van der Waals surface area contributed by atoms with Gasteiger partial charge in [-0.05, 0) is 41.7 Å². The van der Waals surface area contributed by atoms with E-state index in [1.807, 2.05) is 18.2 Å². The molecule has 4 rings (SSSR count). The van der Waals surface area contributed by atoms with Crippen molar-refractivity contribution in [2.24, 2.45) is 0 Å². The average Bonchev–Trinajstić information content (AvgIpc) is 2.90. The lowest BCUT2D eigenvalue weighted by atomic mass is 9.95. The molecule has 130 valence electrons. The van der Waals surface area contributed by atoms with Gasteiger partial charge >= 0.3 is 0 Å². The summed E-state index contributed by atoms with van der Waals surface area (Å²) in [4.78, 5) is 12.7. The average molecular weight is 357 g/mol. The van der Waals surface area contributed by atoms with E-state index in [9.17, 15) is 13.2 Å². The lowest BCUT2D eigenvalue weighted by molar-refractivity contribution is -0.119. The first-order valence-electron chi connectivity index (χ1n) is 8.38. The van der Waals surface area contributed by atoms with Crippen molar-refractivity contribution in [3.05, 3.63) is 59.2 Å². The molecule has 2 aromatic carbocycles. The number of hydrogen-bond acceptors (Lipinski definition) is 4. The van der Waals surface area contributed by atoms with Crippen LogP contribution in [0.15, 0.2) is 47.4 Å². The number of ether oxygens (including phenoxy) is 1. The third-order valence-electron chi connectivity index (χ3n) is 4.79. The first kappa shape index (κ1) is 16.3. The second-order valence-corrected chi connectivity index (χ2v) is 8.53. The number of fused-ring (bicyclic) bond motifs is 2. The monoisotopic (exact) mass is 357 g/mol. The highest BCUT2D eigenvalue weighted by Gasteiger charge is 2.27. The van der Waals surface area contributed by atoms with Crippen LogP contribution >= 0.6 is 0 Å². The summed E-state index contributed by atoms with van der Waals surface area (Å²) < 4.78 is 29.8. The van der Waals surface area contributed by atoms with Crippen LogP contribution in [-0.4, -0.2) is 26.7 Å². The van der Waals surface area contributed by atoms with Gasteiger partial charge in [-0.2, -0.15) is 0 Å². The molecule has 0 radical (unpaired) electrons. The van der Waals surface area contributed by atoms with Crippen molar-refractivity contribution in [3.8, 4) is 0 Å². The van der Waals surface area contributed by atoms with Crippen LogP contribution in [0.1, 0.15) is 29.2 Å². The lowest BCUT2D eigenvalue weighted by Gasteiger charge is -2.25. The van der Waals surface area contributed by atoms with Gasteiger partial charge in [-0.3, -0.25) is 4.79 Å². The Hall–Kier alpha value is -2.18. The van der Waals surface area contributed by atoms with Crippen LogP contribution in [0, 0.1) is 0 Å². The van der Waals surface area contributed by atoms with Gasteiger partial charge in [0.1, 0.15) is 0 Å². The Bertz CT molecular complexity index is 936. The van der Waals surface area contributed by atoms with Gasteiger partial charge in [0.15, 0.2) is 9.84 Å². The Labute approximate surface area is 146 Å². The van der Waals surface area contributed by atoms with E-state index in [2.05, 4.69) is 11.4 Å². The first-order chi connectivity index (χ1) is 12.0. The minimum Gasteiger partial charge on any atom is -0.373 e. The predicted molar refractivity (Wildman–Crippen MR) is 94.3 cm³/mol. The molecule has 0 spiro atoms. The summed E-state index contributed by atoms with van der Waals surface area (Å²) in [5.41, 5.74) is 3.61. The summed E-state index contributed by atoms with van der Waals surface area (Å²) in [6.45, 7) is 0.603. The molecular formula is C19H19NO4S. The lowest BCUT2D eigenvalue weighted by Crippen LogP contribution is -2.22. The summed E-state index contributed by atoms with van der Waals surface area (Å²) in [6, 6.07) is 13.1. The van der Waals surface area contributed by atoms with Crippen molar-refractivity contribution in [1.29, 1.82) is 0 Å². The molecule has 0 saturated heterocycles. The number of hydrogen-bond donors (Lipinski definition) is 1. The Morgan fingerprint density at radius 1 is 1.12 bits per heavy atom. The van der Waals surface area contributed by atoms with Gasteiger partial charge in [-0.25, -0.2) is 8.42 Å². The van der Waals surface area contributed by atoms with E-state index in [-0.39, 0.29) is 24.2 Å². The first-order valence-corrected chi connectivity index (χ1v) is 10.0. The van der Waals surface area contributed by atoms with Crippen molar-refractivity contribution in [3.63, 3.8) is 0 Å². The van der Waals surface area contributed by atoms with Crippen molar-refractivity contribution < 1.29 is 17.9 Å². The Kier molecular flexibility index (Phi) is 4.09. The Morgan fingerprint density at radius 3 is 2.84 bits per heavy atom. The highest BCUT2D eigenvalue weighted by atomic mass is 32.2. The van der Waals surface area contributed by atoms with Gasteiger partial charge in [-0.1, -0.05) is 30.3 Å². The van der Waals surface area contributed by atoms with Gasteiger partial charge in [0.05, 0.1) is 29.8 Å². The number of rotatable bonds is 3. The zero-order valence-electron chi connectivity index (χ0n) is 13.7. The molecule has 2 aromatic rings. The zero-order chi connectivity index (χ0) is 17.4. The Morgan fingerprint density at radius 2 is 1.96 bits per heavy atom. The smallest absolute Gasteiger partial charge is 0.227 e. The van der Waals surface area contributed by atoms with Crippen LogP contribution in [0.4, 0.5) is 5.69 Å². The van der Waals surface area contributed by atoms with Crippen molar-refractivity contribution in [2.75, 3.05) is 17.7 Å². The van der Waals surface area contributed by atoms with Crippen molar-refractivity contribution in [2.45, 2.75) is 30.3 Å². The molecule has 0 bridgehead atoms. The van der Waals surface area contributed by atoms with E-state index >= 15 is 0 Å². The van der Waals surface area contributed by atoms with E-state index in [1.165, 1.54) is 5.56 Å². The summed E-state index contributed by atoms with van der Waals surface area (Å²) in [5.74, 6) is -0.0380. The fourth-order valence-corrected chi connectivity index (χ4v) is 5.09. The minimum atomic E-state index is -3.21. The summed E-state index contributed by atoms with van der Waals surface area (Å²) in [5, 5.41) is 2.80. The number of anilines is 1. The number of amides is 1. The second kappa shape index (κ2) is 6.28. The van der Waals surface area contributed by atoms with Gasteiger partial charge < -0.3 is 10.1 Å².